The number of carbonyl (C=O) groups excluding carboxylic acids is 2. The minimum Gasteiger partial charge on any atom is -0.354 e. The maximum absolute atomic E-state index is 12.4. The van der Waals surface area contributed by atoms with Crippen molar-refractivity contribution in [2.75, 3.05) is 25.9 Å². The first-order valence-corrected chi connectivity index (χ1v) is 8.61. The fourth-order valence-electron chi connectivity index (χ4n) is 2.14. The first kappa shape index (κ1) is 16.9. The quantitative estimate of drug-likeness (QED) is 0.702. The topological polar surface area (TPSA) is 95.6 Å². The van der Waals surface area contributed by atoms with Crippen LogP contribution in [0, 0.1) is 5.92 Å². The summed E-state index contributed by atoms with van der Waals surface area (Å²) in [4.78, 5) is 25.2. The van der Waals surface area contributed by atoms with Gasteiger partial charge in [0.05, 0.1) is 6.26 Å². The molecule has 1 aliphatic heterocycles. The second-order valence-corrected chi connectivity index (χ2v) is 7.28. The average Bonchev–Trinajstić information content (AvgIpc) is 2.50. The van der Waals surface area contributed by atoms with E-state index in [0.29, 0.717) is 26.1 Å². The molecule has 1 unspecified atom stereocenters. The van der Waals surface area contributed by atoms with E-state index in [4.69, 9.17) is 0 Å². The van der Waals surface area contributed by atoms with Gasteiger partial charge in [-0.15, -0.1) is 0 Å². The molecule has 1 aliphatic rings. The van der Waals surface area contributed by atoms with E-state index in [2.05, 4.69) is 10.0 Å². The molecule has 1 rings (SSSR count). The number of hydrogen-bond acceptors (Lipinski definition) is 4. The third-order valence-corrected chi connectivity index (χ3v) is 3.70. The molecule has 2 amide bonds. The molecule has 2 N–H and O–H groups in total. The van der Waals surface area contributed by atoms with Crippen LogP contribution in [0.15, 0.2) is 0 Å². The third kappa shape index (κ3) is 5.87. The highest BCUT2D eigenvalue weighted by Gasteiger charge is 2.28. The van der Waals surface area contributed by atoms with Crippen LogP contribution in [0.5, 0.6) is 0 Å². The van der Waals surface area contributed by atoms with Gasteiger partial charge in [0.15, 0.2) is 0 Å². The molecule has 1 heterocycles. The van der Waals surface area contributed by atoms with Gasteiger partial charge >= 0.3 is 0 Å². The Balaban J connectivity index is 2.78. The van der Waals surface area contributed by atoms with Gasteiger partial charge in [0.25, 0.3) is 0 Å². The Morgan fingerprint density at radius 3 is 2.60 bits per heavy atom. The van der Waals surface area contributed by atoms with Gasteiger partial charge in [-0.25, -0.2) is 13.1 Å². The zero-order valence-electron chi connectivity index (χ0n) is 12.2. The highest BCUT2D eigenvalue weighted by atomic mass is 32.2. The average molecular weight is 305 g/mol. The molecule has 116 valence electrons. The molecule has 0 aliphatic carbocycles. The SMILES string of the molecule is CC(C)CC(NS(C)(=O)=O)C(=O)N1CCNC(=O)CC1. The van der Waals surface area contributed by atoms with E-state index in [0.717, 1.165) is 6.26 Å². The normalized spacial score (nSPS) is 18.6. The Hall–Kier alpha value is -1.15. The molecule has 1 atom stereocenters. The van der Waals surface area contributed by atoms with E-state index >= 15 is 0 Å². The summed E-state index contributed by atoms with van der Waals surface area (Å²) in [5.74, 6) is -0.164. The minimum atomic E-state index is -3.45. The van der Waals surface area contributed by atoms with Gasteiger partial charge in [0.2, 0.25) is 21.8 Å². The zero-order valence-corrected chi connectivity index (χ0v) is 13.0. The number of hydrogen-bond donors (Lipinski definition) is 2. The van der Waals surface area contributed by atoms with Crippen molar-refractivity contribution in [1.82, 2.24) is 14.9 Å². The molecule has 0 saturated carbocycles. The van der Waals surface area contributed by atoms with E-state index < -0.39 is 16.1 Å². The smallest absolute Gasteiger partial charge is 0.240 e. The first-order chi connectivity index (χ1) is 9.19. The molecule has 0 aromatic rings. The van der Waals surface area contributed by atoms with Gasteiger partial charge < -0.3 is 10.2 Å². The Labute approximate surface area is 120 Å². The van der Waals surface area contributed by atoms with Crippen LogP contribution in [0.1, 0.15) is 26.7 Å². The standard InChI is InChI=1S/C12H23N3O4S/c1-9(2)8-10(14-20(3,18)19)12(17)15-6-4-11(16)13-5-7-15/h9-10,14H,4-8H2,1-3H3,(H,13,16). The molecule has 1 saturated heterocycles. The van der Waals surface area contributed by atoms with Crippen molar-refractivity contribution < 1.29 is 18.0 Å². The van der Waals surface area contributed by atoms with E-state index in [1.165, 1.54) is 0 Å². The van der Waals surface area contributed by atoms with Crippen LogP contribution >= 0.6 is 0 Å². The summed E-state index contributed by atoms with van der Waals surface area (Å²) < 4.78 is 25.2. The molecular weight excluding hydrogens is 282 g/mol. The molecule has 1 fully saturated rings. The lowest BCUT2D eigenvalue weighted by atomic mass is 10.0. The summed E-state index contributed by atoms with van der Waals surface area (Å²) in [6.45, 7) is 4.99. The molecular formula is C12H23N3O4S. The predicted molar refractivity (Wildman–Crippen MR) is 75.4 cm³/mol. The summed E-state index contributed by atoms with van der Waals surface area (Å²) in [5, 5.41) is 2.69. The molecule has 0 aromatic heterocycles. The van der Waals surface area contributed by atoms with Crippen molar-refractivity contribution in [1.29, 1.82) is 0 Å². The fraction of sp³-hybridized carbons (Fsp3) is 0.833. The van der Waals surface area contributed by atoms with Crippen LogP contribution in [0.3, 0.4) is 0 Å². The van der Waals surface area contributed by atoms with Crippen LogP contribution in [0.25, 0.3) is 0 Å². The number of carbonyl (C=O) groups is 2. The summed E-state index contributed by atoms with van der Waals surface area (Å²) >= 11 is 0. The molecule has 20 heavy (non-hydrogen) atoms. The Bertz CT molecular complexity index is 461. The van der Waals surface area contributed by atoms with Gasteiger partial charge in [-0.3, -0.25) is 9.59 Å². The number of nitrogens with one attached hydrogen (secondary N) is 2. The lowest BCUT2D eigenvalue weighted by molar-refractivity contribution is -0.133. The largest absolute Gasteiger partial charge is 0.354 e. The molecule has 0 spiro atoms. The highest BCUT2D eigenvalue weighted by Crippen LogP contribution is 2.10. The molecule has 0 bridgehead atoms. The van der Waals surface area contributed by atoms with Crippen molar-refractivity contribution in [2.45, 2.75) is 32.7 Å². The zero-order chi connectivity index (χ0) is 15.3. The van der Waals surface area contributed by atoms with Crippen LogP contribution in [-0.2, 0) is 19.6 Å². The maximum Gasteiger partial charge on any atom is 0.240 e. The first-order valence-electron chi connectivity index (χ1n) is 6.72. The number of sulfonamides is 1. The Morgan fingerprint density at radius 2 is 2.05 bits per heavy atom. The van der Waals surface area contributed by atoms with Gasteiger partial charge in [-0.05, 0) is 12.3 Å². The van der Waals surface area contributed by atoms with Crippen molar-refractivity contribution >= 4 is 21.8 Å². The highest BCUT2D eigenvalue weighted by molar-refractivity contribution is 7.88. The maximum atomic E-state index is 12.4. The van der Waals surface area contributed by atoms with Crippen molar-refractivity contribution in [2.24, 2.45) is 5.92 Å². The van der Waals surface area contributed by atoms with Gasteiger partial charge in [-0.2, -0.15) is 0 Å². The molecule has 8 heteroatoms. The van der Waals surface area contributed by atoms with E-state index in [9.17, 15) is 18.0 Å². The minimum absolute atomic E-state index is 0.0863. The lowest BCUT2D eigenvalue weighted by Gasteiger charge is -2.26. The van der Waals surface area contributed by atoms with Crippen LogP contribution in [0.2, 0.25) is 0 Å². The summed E-state index contributed by atoms with van der Waals surface area (Å²) in [6.07, 6.45) is 1.73. The summed E-state index contributed by atoms with van der Waals surface area (Å²) in [5.41, 5.74) is 0. The predicted octanol–water partition coefficient (Wildman–Crippen LogP) is -0.701. The van der Waals surface area contributed by atoms with E-state index in [-0.39, 0.29) is 24.2 Å². The monoisotopic (exact) mass is 305 g/mol. The van der Waals surface area contributed by atoms with Gasteiger partial charge in [0, 0.05) is 26.1 Å². The number of nitrogens with zero attached hydrogens (tertiary/aromatic N) is 1. The summed E-state index contributed by atoms with van der Waals surface area (Å²) in [6, 6.07) is -0.766. The van der Waals surface area contributed by atoms with Crippen LogP contribution in [0.4, 0.5) is 0 Å². The second kappa shape index (κ2) is 7.03. The Morgan fingerprint density at radius 1 is 1.40 bits per heavy atom. The van der Waals surface area contributed by atoms with E-state index in [1.807, 2.05) is 13.8 Å². The summed E-state index contributed by atoms with van der Waals surface area (Å²) in [7, 11) is -3.45. The van der Waals surface area contributed by atoms with Crippen molar-refractivity contribution in [3.8, 4) is 0 Å². The van der Waals surface area contributed by atoms with Gasteiger partial charge in [0.1, 0.15) is 6.04 Å². The van der Waals surface area contributed by atoms with Crippen molar-refractivity contribution in [3.05, 3.63) is 0 Å². The number of amides is 2. The number of rotatable bonds is 5. The Kier molecular flexibility index (Phi) is 5.94. The van der Waals surface area contributed by atoms with Crippen LogP contribution < -0.4 is 10.0 Å². The van der Waals surface area contributed by atoms with Gasteiger partial charge in [-0.1, -0.05) is 13.8 Å². The lowest BCUT2D eigenvalue weighted by Crippen LogP contribution is -2.49. The molecule has 0 radical (unpaired) electrons. The van der Waals surface area contributed by atoms with E-state index in [1.54, 1.807) is 4.90 Å². The van der Waals surface area contributed by atoms with Crippen molar-refractivity contribution in [3.63, 3.8) is 0 Å². The van der Waals surface area contributed by atoms with Crippen LogP contribution in [-0.4, -0.2) is 57.1 Å². The second-order valence-electron chi connectivity index (χ2n) is 5.50. The molecule has 0 aromatic carbocycles. The third-order valence-electron chi connectivity index (χ3n) is 2.99. The fourth-order valence-corrected chi connectivity index (χ4v) is 2.85. The molecule has 7 nitrogen and oxygen atoms in total.